The third kappa shape index (κ3) is 3.83. The van der Waals surface area contributed by atoms with Crippen LogP contribution in [0.3, 0.4) is 0 Å². The minimum Gasteiger partial charge on any atom is -0.486 e. The Morgan fingerprint density at radius 2 is 1.73 bits per heavy atom. The minimum absolute atomic E-state index is 0.144. The van der Waals surface area contributed by atoms with E-state index in [4.69, 9.17) is 9.47 Å². The summed E-state index contributed by atoms with van der Waals surface area (Å²) in [5.74, 6) is 2.32. The van der Waals surface area contributed by atoms with E-state index in [0.29, 0.717) is 19.1 Å². The molecule has 30 heavy (non-hydrogen) atoms. The SMILES string of the molecule is O=C(N(C[C@@H]1CC=CCC1)C[C@H]1COc2ccccc2O1)C1(c2ccccc2)CC1. The van der Waals surface area contributed by atoms with E-state index in [1.807, 2.05) is 42.5 Å². The van der Waals surface area contributed by atoms with Gasteiger partial charge in [-0.2, -0.15) is 0 Å². The fourth-order valence-corrected chi connectivity index (χ4v) is 4.78. The highest BCUT2D eigenvalue weighted by atomic mass is 16.6. The van der Waals surface area contributed by atoms with Crippen LogP contribution in [0.4, 0.5) is 0 Å². The second kappa shape index (κ2) is 8.17. The first-order valence-corrected chi connectivity index (χ1v) is 11.1. The molecule has 1 saturated carbocycles. The molecule has 4 nitrogen and oxygen atoms in total. The van der Waals surface area contributed by atoms with Gasteiger partial charge in [0.1, 0.15) is 6.61 Å². The van der Waals surface area contributed by atoms with Crippen molar-refractivity contribution in [2.24, 2.45) is 5.92 Å². The van der Waals surface area contributed by atoms with Gasteiger partial charge in [0.05, 0.1) is 12.0 Å². The standard InChI is InChI=1S/C26H29NO3/c28-25(26(15-16-26)21-11-5-2-6-12-21)27(17-20-9-3-1-4-10-20)18-22-19-29-23-13-7-8-14-24(23)30-22/h1-3,5-8,11-14,20,22H,4,9-10,15-19H2/t20-,22+/m1/s1. The van der Waals surface area contributed by atoms with E-state index in [9.17, 15) is 4.79 Å². The lowest BCUT2D eigenvalue weighted by Crippen LogP contribution is -2.49. The van der Waals surface area contributed by atoms with Crippen molar-refractivity contribution in [3.63, 3.8) is 0 Å². The molecule has 1 amide bonds. The zero-order chi connectivity index (χ0) is 20.4. The molecule has 3 aliphatic rings. The summed E-state index contributed by atoms with van der Waals surface area (Å²) in [6, 6.07) is 18.1. The Hall–Kier alpha value is -2.75. The van der Waals surface area contributed by atoms with Crippen molar-refractivity contribution < 1.29 is 14.3 Å². The van der Waals surface area contributed by atoms with Crippen molar-refractivity contribution in [3.05, 3.63) is 72.3 Å². The molecule has 0 unspecified atom stereocenters. The van der Waals surface area contributed by atoms with Gasteiger partial charge in [-0.15, -0.1) is 0 Å². The maximum atomic E-state index is 13.8. The number of carbonyl (C=O) groups is 1. The third-order valence-electron chi connectivity index (χ3n) is 6.62. The Morgan fingerprint density at radius 1 is 0.967 bits per heavy atom. The highest BCUT2D eigenvalue weighted by Crippen LogP contribution is 2.50. The Balaban J connectivity index is 1.35. The van der Waals surface area contributed by atoms with Crippen LogP contribution in [0, 0.1) is 5.92 Å². The molecule has 1 fully saturated rings. The van der Waals surface area contributed by atoms with Gasteiger partial charge in [-0.1, -0.05) is 54.6 Å². The van der Waals surface area contributed by atoms with Gasteiger partial charge in [-0.05, 0) is 55.7 Å². The van der Waals surface area contributed by atoms with E-state index in [2.05, 4.69) is 29.2 Å². The molecule has 5 rings (SSSR count). The van der Waals surface area contributed by atoms with Crippen molar-refractivity contribution in [2.75, 3.05) is 19.7 Å². The highest BCUT2D eigenvalue weighted by Gasteiger charge is 2.53. The number of carbonyl (C=O) groups excluding carboxylic acids is 1. The molecule has 0 saturated heterocycles. The van der Waals surface area contributed by atoms with Crippen LogP contribution in [0.15, 0.2) is 66.7 Å². The monoisotopic (exact) mass is 403 g/mol. The van der Waals surface area contributed by atoms with Gasteiger partial charge in [0.2, 0.25) is 5.91 Å². The number of benzene rings is 2. The summed E-state index contributed by atoms with van der Waals surface area (Å²) in [7, 11) is 0. The number of fused-ring (bicyclic) bond motifs is 1. The van der Waals surface area contributed by atoms with Crippen molar-refractivity contribution in [1.82, 2.24) is 4.90 Å². The first-order chi connectivity index (χ1) is 14.7. The fraction of sp³-hybridized carbons (Fsp3) is 0.423. The molecule has 0 radical (unpaired) electrons. The van der Waals surface area contributed by atoms with Gasteiger partial charge in [-0.25, -0.2) is 0 Å². The van der Waals surface area contributed by atoms with Gasteiger partial charge in [0, 0.05) is 6.54 Å². The minimum atomic E-state index is -0.348. The fourth-order valence-electron chi connectivity index (χ4n) is 4.78. The molecule has 156 valence electrons. The quantitative estimate of drug-likeness (QED) is 0.654. The van der Waals surface area contributed by atoms with Crippen LogP contribution in [0.5, 0.6) is 11.5 Å². The molecular formula is C26H29NO3. The molecule has 4 heteroatoms. The molecule has 2 aromatic rings. The lowest BCUT2D eigenvalue weighted by atomic mass is 9.91. The first-order valence-electron chi connectivity index (χ1n) is 11.1. The van der Waals surface area contributed by atoms with Gasteiger partial charge in [0.25, 0.3) is 0 Å². The molecule has 1 aliphatic heterocycles. The van der Waals surface area contributed by atoms with Crippen molar-refractivity contribution in [1.29, 1.82) is 0 Å². The van der Waals surface area contributed by atoms with Crippen molar-refractivity contribution >= 4 is 5.91 Å². The van der Waals surface area contributed by atoms with Crippen LogP contribution in [-0.4, -0.2) is 36.6 Å². The van der Waals surface area contributed by atoms with Crippen molar-refractivity contribution in [3.8, 4) is 11.5 Å². The average molecular weight is 404 g/mol. The molecule has 0 spiro atoms. The topological polar surface area (TPSA) is 38.8 Å². The molecule has 2 aliphatic carbocycles. The molecule has 1 heterocycles. The van der Waals surface area contributed by atoms with Gasteiger partial charge in [0.15, 0.2) is 17.6 Å². The Morgan fingerprint density at radius 3 is 2.47 bits per heavy atom. The summed E-state index contributed by atoms with van der Waals surface area (Å²) < 4.78 is 12.1. The predicted molar refractivity (Wildman–Crippen MR) is 117 cm³/mol. The van der Waals surface area contributed by atoms with Crippen LogP contribution in [0.25, 0.3) is 0 Å². The van der Waals surface area contributed by atoms with Crippen LogP contribution >= 0.6 is 0 Å². The number of allylic oxidation sites excluding steroid dienone is 2. The number of hydrogen-bond acceptors (Lipinski definition) is 3. The zero-order valence-electron chi connectivity index (χ0n) is 17.3. The molecular weight excluding hydrogens is 374 g/mol. The van der Waals surface area contributed by atoms with Crippen molar-refractivity contribution in [2.45, 2.75) is 43.6 Å². The van der Waals surface area contributed by atoms with E-state index in [1.54, 1.807) is 0 Å². The smallest absolute Gasteiger partial charge is 0.233 e. The summed E-state index contributed by atoms with van der Waals surface area (Å²) in [4.78, 5) is 15.9. The van der Waals surface area contributed by atoms with E-state index in [0.717, 1.165) is 55.7 Å². The van der Waals surface area contributed by atoms with E-state index < -0.39 is 0 Å². The largest absolute Gasteiger partial charge is 0.486 e. The average Bonchev–Trinajstić information content (AvgIpc) is 3.61. The summed E-state index contributed by atoms with van der Waals surface area (Å²) in [5.41, 5.74) is 0.800. The predicted octanol–water partition coefficient (Wildman–Crippen LogP) is 4.74. The van der Waals surface area contributed by atoms with Crippen LogP contribution in [0.1, 0.15) is 37.7 Å². The maximum absolute atomic E-state index is 13.8. The number of para-hydroxylation sites is 2. The third-order valence-corrected chi connectivity index (χ3v) is 6.62. The van der Waals surface area contributed by atoms with Crippen LogP contribution in [-0.2, 0) is 10.2 Å². The molecule has 2 aromatic carbocycles. The number of hydrogen-bond donors (Lipinski definition) is 0. The van der Waals surface area contributed by atoms with Gasteiger partial charge < -0.3 is 14.4 Å². The lowest BCUT2D eigenvalue weighted by Gasteiger charge is -2.35. The Labute approximate surface area is 178 Å². The van der Waals surface area contributed by atoms with Crippen LogP contribution < -0.4 is 9.47 Å². The first kappa shape index (κ1) is 19.2. The van der Waals surface area contributed by atoms with Gasteiger partial charge >= 0.3 is 0 Å². The molecule has 0 aromatic heterocycles. The number of ether oxygens (including phenoxy) is 2. The number of rotatable bonds is 6. The summed E-state index contributed by atoms with van der Waals surface area (Å²) >= 11 is 0. The summed E-state index contributed by atoms with van der Waals surface area (Å²) in [6.07, 6.45) is 9.53. The highest BCUT2D eigenvalue weighted by molar-refractivity contribution is 5.91. The Kier molecular flexibility index (Phi) is 5.24. The summed E-state index contributed by atoms with van der Waals surface area (Å²) in [5, 5.41) is 0. The van der Waals surface area contributed by atoms with E-state index in [1.165, 1.54) is 0 Å². The van der Waals surface area contributed by atoms with E-state index in [-0.39, 0.29) is 17.4 Å². The lowest BCUT2D eigenvalue weighted by molar-refractivity contribution is -0.136. The Bertz CT molecular complexity index is 919. The maximum Gasteiger partial charge on any atom is 0.233 e. The normalized spacial score (nSPS) is 23.6. The second-order valence-electron chi connectivity index (χ2n) is 8.81. The second-order valence-corrected chi connectivity index (χ2v) is 8.81. The number of amides is 1. The molecule has 0 bridgehead atoms. The van der Waals surface area contributed by atoms with Gasteiger partial charge in [-0.3, -0.25) is 4.79 Å². The molecule has 0 N–H and O–H groups in total. The van der Waals surface area contributed by atoms with Crippen LogP contribution in [0.2, 0.25) is 0 Å². The number of nitrogens with zero attached hydrogens (tertiary/aromatic N) is 1. The van der Waals surface area contributed by atoms with E-state index >= 15 is 0 Å². The zero-order valence-corrected chi connectivity index (χ0v) is 17.3. The summed E-state index contributed by atoms with van der Waals surface area (Å²) in [6.45, 7) is 1.84. The molecule has 2 atom stereocenters.